The van der Waals surface area contributed by atoms with Crippen molar-refractivity contribution in [3.05, 3.63) is 70.8 Å². The Bertz CT molecular complexity index is 1430. The molecule has 0 heterocycles. The third kappa shape index (κ3) is 12.3. The number of aryl methyl sites for hydroxylation is 1. The van der Waals surface area contributed by atoms with Crippen LogP contribution in [0.1, 0.15) is 103 Å². The molecular weight excluding hydrogens is 612 g/mol. The summed E-state index contributed by atoms with van der Waals surface area (Å²) >= 11 is 0. The Morgan fingerprint density at radius 3 is 1.98 bits per heavy atom. The highest BCUT2D eigenvalue weighted by molar-refractivity contribution is 5.94. The first kappa shape index (κ1) is 39.8. The van der Waals surface area contributed by atoms with E-state index in [0.29, 0.717) is 12.0 Å². The van der Waals surface area contributed by atoms with Gasteiger partial charge in [0.25, 0.3) is 0 Å². The highest BCUT2D eigenvalue weighted by atomic mass is 16.6. The van der Waals surface area contributed by atoms with Gasteiger partial charge in [0, 0.05) is 18.9 Å². The number of hydrogen-bond acceptors (Lipinski definition) is 7. The van der Waals surface area contributed by atoms with Gasteiger partial charge in [0.2, 0.25) is 17.7 Å². The van der Waals surface area contributed by atoms with Gasteiger partial charge in [-0.05, 0) is 97.4 Å². The summed E-state index contributed by atoms with van der Waals surface area (Å²) in [6, 6.07) is 10.7. The minimum Gasteiger partial charge on any atom is -0.458 e. The molecule has 0 bridgehead atoms. The van der Waals surface area contributed by atoms with Gasteiger partial charge in [-0.3, -0.25) is 14.4 Å². The van der Waals surface area contributed by atoms with Gasteiger partial charge in [0.1, 0.15) is 29.3 Å². The number of amides is 4. The number of nitrogens with two attached hydrogens (primary N) is 1. The lowest BCUT2D eigenvalue weighted by molar-refractivity contribution is -0.159. The molecular formula is C37H54N4O7. The van der Waals surface area contributed by atoms with E-state index in [9.17, 15) is 24.0 Å². The van der Waals surface area contributed by atoms with Gasteiger partial charge in [-0.1, -0.05) is 55.5 Å². The summed E-state index contributed by atoms with van der Waals surface area (Å²) in [5, 5.41) is 5.53. The lowest BCUT2D eigenvalue weighted by Crippen LogP contribution is -2.57. The number of ether oxygens (including phenoxy) is 2. The van der Waals surface area contributed by atoms with Crippen molar-refractivity contribution < 1.29 is 33.4 Å². The molecule has 0 aliphatic carbocycles. The zero-order chi connectivity index (χ0) is 36.4. The predicted molar refractivity (Wildman–Crippen MR) is 185 cm³/mol. The number of nitrogens with one attached hydrogen (secondary N) is 2. The van der Waals surface area contributed by atoms with Crippen LogP contribution in [0.5, 0.6) is 0 Å². The van der Waals surface area contributed by atoms with Gasteiger partial charge in [0.15, 0.2) is 0 Å². The molecule has 2 aromatic carbocycles. The molecule has 4 atom stereocenters. The summed E-state index contributed by atoms with van der Waals surface area (Å²) < 4.78 is 11.1. The number of primary amides is 1. The maximum absolute atomic E-state index is 14.6. The van der Waals surface area contributed by atoms with E-state index in [-0.39, 0.29) is 19.3 Å². The van der Waals surface area contributed by atoms with Crippen molar-refractivity contribution in [2.75, 3.05) is 0 Å². The normalized spacial score (nSPS) is 14.1. The summed E-state index contributed by atoms with van der Waals surface area (Å²) in [6.07, 6.45) is -0.557. The number of benzene rings is 2. The third-order valence-corrected chi connectivity index (χ3v) is 7.75. The van der Waals surface area contributed by atoms with Crippen molar-refractivity contribution in [3.8, 4) is 0 Å². The van der Waals surface area contributed by atoms with Gasteiger partial charge >= 0.3 is 12.1 Å². The average molecular weight is 667 g/mol. The monoisotopic (exact) mass is 666 g/mol. The molecule has 2 rings (SSSR count). The Morgan fingerprint density at radius 2 is 1.44 bits per heavy atom. The number of rotatable bonds is 14. The smallest absolute Gasteiger partial charge is 0.408 e. The van der Waals surface area contributed by atoms with Crippen LogP contribution in [0.2, 0.25) is 0 Å². The Labute approximate surface area is 285 Å². The topological polar surface area (TPSA) is 157 Å². The second-order valence-corrected chi connectivity index (χ2v) is 14.2. The van der Waals surface area contributed by atoms with Crippen molar-refractivity contribution in [2.45, 2.75) is 130 Å². The summed E-state index contributed by atoms with van der Waals surface area (Å²) in [4.78, 5) is 69.0. The van der Waals surface area contributed by atoms with Crippen molar-refractivity contribution in [3.63, 3.8) is 0 Å². The summed E-state index contributed by atoms with van der Waals surface area (Å²) in [6.45, 7) is 17.8. The zero-order valence-electron chi connectivity index (χ0n) is 30.1. The van der Waals surface area contributed by atoms with Gasteiger partial charge < -0.3 is 30.7 Å². The molecule has 11 heteroatoms. The van der Waals surface area contributed by atoms with Crippen LogP contribution in [-0.4, -0.2) is 64.0 Å². The summed E-state index contributed by atoms with van der Waals surface area (Å²) in [7, 11) is 0. The van der Waals surface area contributed by atoms with E-state index < -0.39 is 65.2 Å². The molecule has 0 fully saturated rings. The van der Waals surface area contributed by atoms with Crippen LogP contribution in [0.4, 0.5) is 4.79 Å². The van der Waals surface area contributed by atoms with Crippen LogP contribution < -0.4 is 16.4 Å². The van der Waals surface area contributed by atoms with E-state index in [0.717, 1.165) is 16.7 Å². The van der Waals surface area contributed by atoms with Crippen LogP contribution in [0.15, 0.2) is 48.5 Å². The highest BCUT2D eigenvalue weighted by Crippen LogP contribution is 2.31. The molecule has 0 spiro atoms. The second-order valence-electron chi connectivity index (χ2n) is 14.2. The number of esters is 1. The third-order valence-electron chi connectivity index (χ3n) is 7.75. The molecule has 0 saturated carbocycles. The number of carbonyl (C=O) groups is 5. The fourth-order valence-corrected chi connectivity index (χ4v) is 5.12. The average Bonchev–Trinajstić information content (AvgIpc) is 2.97. The lowest BCUT2D eigenvalue weighted by Gasteiger charge is -2.39. The molecule has 264 valence electrons. The molecule has 0 radical (unpaired) electrons. The van der Waals surface area contributed by atoms with E-state index in [1.165, 1.54) is 4.90 Å². The Kier molecular flexibility index (Phi) is 14.2. The molecule has 4 amide bonds. The molecule has 4 N–H and O–H groups in total. The minimum atomic E-state index is -1.24. The highest BCUT2D eigenvalue weighted by Gasteiger charge is 2.41. The van der Waals surface area contributed by atoms with Crippen LogP contribution in [0.3, 0.4) is 0 Å². The van der Waals surface area contributed by atoms with E-state index in [2.05, 4.69) is 10.6 Å². The molecule has 0 saturated heterocycles. The van der Waals surface area contributed by atoms with E-state index in [1.807, 2.05) is 57.2 Å². The molecule has 4 unspecified atom stereocenters. The van der Waals surface area contributed by atoms with Gasteiger partial charge in [-0.25, -0.2) is 9.59 Å². The lowest BCUT2D eigenvalue weighted by atomic mass is 9.93. The largest absolute Gasteiger partial charge is 0.458 e. The van der Waals surface area contributed by atoms with Gasteiger partial charge in [-0.15, -0.1) is 0 Å². The van der Waals surface area contributed by atoms with Crippen LogP contribution in [0, 0.1) is 13.8 Å². The van der Waals surface area contributed by atoms with E-state index in [1.54, 1.807) is 60.6 Å². The summed E-state index contributed by atoms with van der Waals surface area (Å²) in [5.74, 6) is -2.48. The molecule has 48 heavy (non-hydrogen) atoms. The van der Waals surface area contributed by atoms with E-state index >= 15 is 0 Å². The van der Waals surface area contributed by atoms with Gasteiger partial charge in [0.05, 0.1) is 0 Å². The Balaban J connectivity index is 2.71. The maximum atomic E-state index is 14.6. The van der Waals surface area contributed by atoms with Crippen molar-refractivity contribution >= 4 is 29.8 Å². The fourth-order valence-electron chi connectivity index (χ4n) is 5.12. The van der Waals surface area contributed by atoms with Gasteiger partial charge in [-0.2, -0.15) is 0 Å². The molecule has 0 aromatic heterocycles. The van der Waals surface area contributed by atoms with Crippen LogP contribution in [-0.2, 0) is 35.1 Å². The molecule has 2 aromatic rings. The zero-order valence-corrected chi connectivity index (χ0v) is 30.1. The standard InChI is InChI=1S/C37H54N4O7/c1-11-24(3)41(33(44)28(20-21-30(38)42)40-35(46)48-37(8,9)10)31(27-19-15-16-23(2)25(27)4)32(43)39-29(34(45)47-36(5,6)7)22-26-17-13-12-14-18-26/h12-19,24,28-29,31H,11,20-22H2,1-10H3,(H2,38,42)(H,39,43)(H,40,46). The molecule has 0 aliphatic heterocycles. The van der Waals surface area contributed by atoms with Crippen LogP contribution >= 0.6 is 0 Å². The van der Waals surface area contributed by atoms with Crippen molar-refractivity contribution in [1.29, 1.82) is 0 Å². The number of carbonyl (C=O) groups excluding carboxylic acids is 5. The number of alkyl carbamates (subject to hydrolysis) is 1. The predicted octanol–water partition coefficient (Wildman–Crippen LogP) is 5.20. The first-order chi connectivity index (χ1) is 22.2. The fraction of sp³-hybridized carbons (Fsp3) is 0.541. The van der Waals surface area contributed by atoms with Crippen molar-refractivity contribution in [1.82, 2.24) is 15.5 Å². The minimum absolute atomic E-state index is 0.115. The first-order valence-corrected chi connectivity index (χ1v) is 16.5. The molecule has 11 nitrogen and oxygen atoms in total. The summed E-state index contributed by atoms with van der Waals surface area (Å²) in [5.41, 5.74) is 6.81. The number of nitrogens with zero attached hydrogens (tertiary/aromatic N) is 1. The van der Waals surface area contributed by atoms with Crippen LogP contribution in [0.25, 0.3) is 0 Å². The Hall–Kier alpha value is -4.41. The maximum Gasteiger partial charge on any atom is 0.408 e. The first-order valence-electron chi connectivity index (χ1n) is 16.5. The second kappa shape index (κ2) is 17.1. The Morgan fingerprint density at radius 1 is 0.833 bits per heavy atom. The quantitative estimate of drug-likeness (QED) is 0.234. The van der Waals surface area contributed by atoms with Crippen molar-refractivity contribution in [2.24, 2.45) is 5.73 Å². The SMILES string of the molecule is CCC(C)N(C(=O)C(CCC(N)=O)NC(=O)OC(C)(C)C)C(C(=O)NC(Cc1ccccc1)C(=O)OC(C)(C)C)c1cccc(C)c1C. The molecule has 0 aliphatic rings. The number of hydrogen-bond donors (Lipinski definition) is 3. The van der Waals surface area contributed by atoms with E-state index in [4.69, 9.17) is 15.2 Å².